The zero-order chi connectivity index (χ0) is 5.98. The molecule has 0 aromatic heterocycles. The summed E-state index contributed by atoms with van der Waals surface area (Å²) >= 11 is 0. The summed E-state index contributed by atoms with van der Waals surface area (Å²) in [5.74, 6) is 0. The van der Waals surface area contributed by atoms with Crippen molar-refractivity contribution in [2.45, 2.75) is 19.1 Å². The van der Waals surface area contributed by atoms with Crippen LogP contribution in [0.3, 0.4) is 0 Å². The summed E-state index contributed by atoms with van der Waals surface area (Å²) in [6, 6.07) is 0. The lowest BCUT2D eigenvalue weighted by Crippen LogP contribution is -2.09. The molecule has 0 aliphatic carbocycles. The molecule has 0 spiro atoms. The molecular weight excluding hydrogens is 104 g/mol. The van der Waals surface area contributed by atoms with Crippen LogP contribution in [-0.2, 0) is 4.74 Å². The van der Waals surface area contributed by atoms with E-state index in [0.29, 0.717) is 6.61 Å². The Kier molecular flexibility index (Phi) is 1.65. The molecule has 0 aromatic carbocycles. The van der Waals surface area contributed by atoms with Crippen molar-refractivity contribution >= 4 is 0 Å². The standard InChI is InChI=1S/C6H10O2/c1-2-3-5(7)6-4-8-6/h2-3,5-7H,4H2,1H3/t5-,6+/m0/s1. The zero-order valence-electron chi connectivity index (χ0n) is 4.87. The molecule has 2 nitrogen and oxygen atoms in total. The maximum Gasteiger partial charge on any atom is 0.110 e. The predicted octanol–water partition coefficient (Wildman–Crippen LogP) is 0.322. The molecule has 1 N–H and O–H groups in total. The quantitative estimate of drug-likeness (QED) is 0.414. The van der Waals surface area contributed by atoms with Gasteiger partial charge in [0.25, 0.3) is 0 Å². The van der Waals surface area contributed by atoms with Crippen molar-refractivity contribution in [3.05, 3.63) is 12.2 Å². The highest BCUT2D eigenvalue weighted by Gasteiger charge is 2.28. The van der Waals surface area contributed by atoms with Crippen LogP contribution in [0.4, 0.5) is 0 Å². The first-order chi connectivity index (χ1) is 3.84. The number of rotatable bonds is 2. The molecule has 0 bridgehead atoms. The van der Waals surface area contributed by atoms with E-state index in [-0.39, 0.29) is 12.2 Å². The fourth-order valence-electron chi connectivity index (χ4n) is 0.574. The van der Waals surface area contributed by atoms with Crippen molar-refractivity contribution in [2.24, 2.45) is 0 Å². The van der Waals surface area contributed by atoms with Gasteiger partial charge in [0.05, 0.1) is 6.61 Å². The van der Waals surface area contributed by atoms with E-state index in [1.54, 1.807) is 6.08 Å². The lowest BCUT2D eigenvalue weighted by molar-refractivity contribution is 0.178. The van der Waals surface area contributed by atoms with E-state index in [9.17, 15) is 0 Å². The van der Waals surface area contributed by atoms with Gasteiger partial charge in [-0.15, -0.1) is 0 Å². The Morgan fingerprint density at radius 1 is 1.88 bits per heavy atom. The van der Waals surface area contributed by atoms with Crippen molar-refractivity contribution in [3.63, 3.8) is 0 Å². The van der Waals surface area contributed by atoms with Crippen LogP contribution in [0.5, 0.6) is 0 Å². The fraction of sp³-hybridized carbons (Fsp3) is 0.667. The topological polar surface area (TPSA) is 32.8 Å². The number of epoxide rings is 1. The van der Waals surface area contributed by atoms with E-state index in [1.807, 2.05) is 13.0 Å². The Hall–Kier alpha value is -0.340. The van der Waals surface area contributed by atoms with Crippen LogP contribution in [0, 0.1) is 0 Å². The molecule has 2 atom stereocenters. The van der Waals surface area contributed by atoms with E-state index in [4.69, 9.17) is 9.84 Å². The van der Waals surface area contributed by atoms with Crippen LogP contribution in [0.2, 0.25) is 0 Å². The van der Waals surface area contributed by atoms with Crippen LogP contribution in [-0.4, -0.2) is 23.9 Å². The van der Waals surface area contributed by atoms with Crippen LogP contribution >= 0.6 is 0 Å². The molecule has 1 aliphatic heterocycles. The molecule has 0 amide bonds. The molecule has 1 heterocycles. The number of allylic oxidation sites excluding steroid dienone is 1. The van der Waals surface area contributed by atoms with Crippen molar-refractivity contribution < 1.29 is 9.84 Å². The third kappa shape index (κ3) is 1.32. The van der Waals surface area contributed by atoms with E-state index in [0.717, 1.165) is 0 Å². The van der Waals surface area contributed by atoms with Gasteiger partial charge >= 0.3 is 0 Å². The van der Waals surface area contributed by atoms with Crippen LogP contribution in [0.25, 0.3) is 0 Å². The molecule has 0 unspecified atom stereocenters. The highest BCUT2D eigenvalue weighted by Crippen LogP contribution is 2.14. The second-order valence-electron chi connectivity index (χ2n) is 1.89. The molecule has 46 valence electrons. The van der Waals surface area contributed by atoms with E-state index >= 15 is 0 Å². The van der Waals surface area contributed by atoms with Gasteiger partial charge in [-0.2, -0.15) is 0 Å². The highest BCUT2D eigenvalue weighted by molar-refractivity contribution is 4.94. The second-order valence-corrected chi connectivity index (χ2v) is 1.89. The van der Waals surface area contributed by atoms with Crippen LogP contribution < -0.4 is 0 Å². The molecule has 1 fully saturated rings. The average molecular weight is 114 g/mol. The third-order valence-corrected chi connectivity index (χ3v) is 1.13. The Balaban J connectivity index is 2.22. The zero-order valence-corrected chi connectivity index (χ0v) is 4.87. The number of hydrogen-bond acceptors (Lipinski definition) is 2. The summed E-state index contributed by atoms with van der Waals surface area (Å²) < 4.78 is 4.82. The molecule has 2 heteroatoms. The molecule has 0 radical (unpaired) electrons. The van der Waals surface area contributed by atoms with Crippen molar-refractivity contribution in [2.75, 3.05) is 6.61 Å². The smallest absolute Gasteiger partial charge is 0.110 e. The first-order valence-electron chi connectivity index (χ1n) is 2.77. The fourth-order valence-corrected chi connectivity index (χ4v) is 0.574. The number of hydrogen-bond donors (Lipinski definition) is 1. The maximum absolute atomic E-state index is 8.98. The van der Waals surface area contributed by atoms with Gasteiger partial charge in [0.1, 0.15) is 12.2 Å². The Morgan fingerprint density at radius 3 is 2.88 bits per heavy atom. The molecule has 8 heavy (non-hydrogen) atoms. The average Bonchev–Trinajstić information content (AvgIpc) is 2.45. The summed E-state index contributed by atoms with van der Waals surface area (Å²) in [6.45, 7) is 2.59. The van der Waals surface area contributed by atoms with E-state index < -0.39 is 0 Å². The molecular formula is C6H10O2. The van der Waals surface area contributed by atoms with Gasteiger partial charge in [-0.05, 0) is 6.92 Å². The van der Waals surface area contributed by atoms with Gasteiger partial charge in [0, 0.05) is 0 Å². The first kappa shape index (κ1) is 5.79. The first-order valence-corrected chi connectivity index (χ1v) is 2.77. The van der Waals surface area contributed by atoms with Gasteiger partial charge in [0.2, 0.25) is 0 Å². The molecule has 0 saturated carbocycles. The second kappa shape index (κ2) is 2.29. The number of aliphatic hydroxyl groups is 1. The minimum atomic E-state index is -0.375. The number of aliphatic hydroxyl groups excluding tert-OH is 1. The van der Waals surface area contributed by atoms with E-state index in [1.165, 1.54) is 0 Å². The molecule has 1 rings (SSSR count). The summed E-state index contributed by atoms with van der Waals surface area (Å²) in [5.41, 5.74) is 0. The Bertz CT molecular complexity index is 94.7. The van der Waals surface area contributed by atoms with Crippen molar-refractivity contribution in [1.82, 2.24) is 0 Å². The monoisotopic (exact) mass is 114 g/mol. The SMILES string of the molecule is CC=C[C@H](O)[C@H]1CO1. The minimum Gasteiger partial charge on any atom is -0.386 e. The molecule has 1 aliphatic rings. The summed E-state index contributed by atoms with van der Waals surface area (Å²) in [7, 11) is 0. The summed E-state index contributed by atoms with van der Waals surface area (Å²) in [6.07, 6.45) is 3.27. The number of ether oxygens (including phenoxy) is 1. The van der Waals surface area contributed by atoms with Crippen LogP contribution in [0.15, 0.2) is 12.2 Å². The van der Waals surface area contributed by atoms with Crippen molar-refractivity contribution in [1.29, 1.82) is 0 Å². The van der Waals surface area contributed by atoms with Gasteiger partial charge in [-0.25, -0.2) is 0 Å². The lowest BCUT2D eigenvalue weighted by Gasteiger charge is -1.95. The normalized spacial score (nSPS) is 31.0. The Labute approximate surface area is 48.8 Å². The van der Waals surface area contributed by atoms with Gasteiger partial charge < -0.3 is 9.84 Å². The van der Waals surface area contributed by atoms with Crippen molar-refractivity contribution in [3.8, 4) is 0 Å². The van der Waals surface area contributed by atoms with Gasteiger partial charge in [-0.3, -0.25) is 0 Å². The largest absolute Gasteiger partial charge is 0.386 e. The Morgan fingerprint density at radius 2 is 2.50 bits per heavy atom. The van der Waals surface area contributed by atoms with Gasteiger partial charge in [-0.1, -0.05) is 12.2 Å². The molecule has 0 aromatic rings. The van der Waals surface area contributed by atoms with Gasteiger partial charge in [0.15, 0.2) is 0 Å². The maximum atomic E-state index is 8.98. The minimum absolute atomic E-state index is 0.0891. The summed E-state index contributed by atoms with van der Waals surface area (Å²) in [5, 5.41) is 8.98. The summed E-state index contributed by atoms with van der Waals surface area (Å²) in [4.78, 5) is 0. The molecule has 1 saturated heterocycles. The van der Waals surface area contributed by atoms with Crippen LogP contribution in [0.1, 0.15) is 6.92 Å². The highest BCUT2D eigenvalue weighted by atomic mass is 16.6. The third-order valence-electron chi connectivity index (χ3n) is 1.13. The van der Waals surface area contributed by atoms with E-state index in [2.05, 4.69) is 0 Å². The lowest BCUT2D eigenvalue weighted by atomic mass is 10.2. The predicted molar refractivity (Wildman–Crippen MR) is 30.6 cm³/mol.